The van der Waals surface area contributed by atoms with Crippen LogP contribution in [-0.2, 0) is 16.1 Å². The van der Waals surface area contributed by atoms with Gasteiger partial charge in [0.15, 0.2) is 11.5 Å². The topological polar surface area (TPSA) is 107 Å². The number of carbonyl (C=O) groups is 2. The highest BCUT2D eigenvalue weighted by atomic mass is 16.5. The minimum Gasteiger partial charge on any atom is -0.507 e. The standard InChI is InChI=1S/C29H30N2O7/c1-17(2)38-21-8-6-7-19(13-21)26(32)24-25(20-14-22(35-3)28(37-5)23(15-20)36-4)31(29(34)27(24)33)16-18-9-11-30-12-10-18/h6-15,17,25,32H,16H2,1-5H3/b26-24+. The Hall–Kier alpha value is -4.53. The first-order valence-electron chi connectivity index (χ1n) is 12.0. The molecular weight excluding hydrogens is 488 g/mol. The first-order valence-corrected chi connectivity index (χ1v) is 12.0. The molecule has 1 aliphatic heterocycles. The number of Topliss-reactive ketones (excluding diaryl/α,β-unsaturated/α-hetero) is 1. The summed E-state index contributed by atoms with van der Waals surface area (Å²) in [7, 11) is 4.45. The molecule has 1 aromatic heterocycles. The summed E-state index contributed by atoms with van der Waals surface area (Å²) >= 11 is 0. The molecule has 1 unspecified atom stereocenters. The van der Waals surface area contributed by atoms with Crippen LogP contribution in [0.2, 0.25) is 0 Å². The van der Waals surface area contributed by atoms with E-state index in [1.54, 1.807) is 60.9 Å². The lowest BCUT2D eigenvalue weighted by atomic mass is 9.94. The van der Waals surface area contributed by atoms with Crippen LogP contribution >= 0.6 is 0 Å². The van der Waals surface area contributed by atoms with Gasteiger partial charge in [0.1, 0.15) is 11.5 Å². The van der Waals surface area contributed by atoms with Crippen molar-refractivity contribution in [2.45, 2.75) is 32.5 Å². The molecule has 198 valence electrons. The number of aliphatic hydroxyl groups is 1. The van der Waals surface area contributed by atoms with Crippen molar-refractivity contribution in [3.63, 3.8) is 0 Å². The summed E-state index contributed by atoms with van der Waals surface area (Å²) in [5, 5.41) is 11.5. The van der Waals surface area contributed by atoms with Crippen molar-refractivity contribution in [2.75, 3.05) is 21.3 Å². The van der Waals surface area contributed by atoms with Crippen molar-refractivity contribution >= 4 is 17.4 Å². The van der Waals surface area contributed by atoms with E-state index < -0.39 is 17.7 Å². The first kappa shape index (κ1) is 26.5. The van der Waals surface area contributed by atoms with Gasteiger partial charge >= 0.3 is 0 Å². The lowest BCUT2D eigenvalue weighted by Crippen LogP contribution is -2.29. The zero-order valence-corrected chi connectivity index (χ0v) is 21.9. The lowest BCUT2D eigenvalue weighted by molar-refractivity contribution is -0.140. The predicted molar refractivity (Wildman–Crippen MR) is 140 cm³/mol. The fourth-order valence-corrected chi connectivity index (χ4v) is 4.48. The van der Waals surface area contributed by atoms with Gasteiger partial charge in [-0.1, -0.05) is 12.1 Å². The van der Waals surface area contributed by atoms with Crippen molar-refractivity contribution in [1.29, 1.82) is 0 Å². The summed E-state index contributed by atoms with van der Waals surface area (Å²) in [6, 6.07) is 12.7. The molecule has 2 heterocycles. The number of ketones is 1. The maximum absolute atomic E-state index is 13.5. The number of rotatable bonds is 9. The second kappa shape index (κ2) is 11.2. The molecule has 0 radical (unpaired) electrons. The molecule has 9 nitrogen and oxygen atoms in total. The highest BCUT2D eigenvalue weighted by molar-refractivity contribution is 6.46. The lowest BCUT2D eigenvalue weighted by Gasteiger charge is -2.26. The molecule has 1 amide bonds. The molecule has 9 heteroatoms. The van der Waals surface area contributed by atoms with Crippen molar-refractivity contribution in [3.05, 3.63) is 83.2 Å². The third-order valence-corrected chi connectivity index (χ3v) is 6.12. The van der Waals surface area contributed by atoms with Crippen LogP contribution < -0.4 is 18.9 Å². The van der Waals surface area contributed by atoms with Crippen LogP contribution in [0.3, 0.4) is 0 Å². The molecule has 38 heavy (non-hydrogen) atoms. The van der Waals surface area contributed by atoms with Crippen LogP contribution in [0.15, 0.2) is 66.5 Å². The van der Waals surface area contributed by atoms with Crippen molar-refractivity contribution in [1.82, 2.24) is 9.88 Å². The molecular formula is C29H30N2O7. The average Bonchev–Trinajstić information content (AvgIpc) is 3.17. The average molecular weight is 519 g/mol. The van der Waals surface area contributed by atoms with Crippen molar-refractivity contribution < 1.29 is 33.6 Å². The molecule has 1 N–H and O–H groups in total. The van der Waals surface area contributed by atoms with Gasteiger partial charge in [-0.3, -0.25) is 14.6 Å². The van der Waals surface area contributed by atoms with Gasteiger partial charge in [-0.15, -0.1) is 0 Å². The van der Waals surface area contributed by atoms with Gasteiger partial charge in [-0.25, -0.2) is 0 Å². The Labute approximate surface area is 221 Å². The Morgan fingerprint density at radius 1 is 0.974 bits per heavy atom. The van der Waals surface area contributed by atoms with Gasteiger partial charge in [0.2, 0.25) is 5.75 Å². The number of likely N-dealkylation sites (tertiary alicyclic amines) is 1. The maximum atomic E-state index is 13.5. The summed E-state index contributed by atoms with van der Waals surface area (Å²) < 4.78 is 22.3. The fraction of sp³-hybridized carbons (Fsp3) is 0.276. The molecule has 1 fully saturated rings. The zero-order chi connectivity index (χ0) is 27.4. The summed E-state index contributed by atoms with van der Waals surface area (Å²) in [6.07, 6.45) is 3.14. The smallest absolute Gasteiger partial charge is 0.295 e. The van der Waals surface area contributed by atoms with Gasteiger partial charge in [-0.05, 0) is 61.4 Å². The van der Waals surface area contributed by atoms with Crippen LogP contribution in [-0.4, -0.2) is 54.1 Å². The third-order valence-electron chi connectivity index (χ3n) is 6.12. The van der Waals surface area contributed by atoms with Crippen LogP contribution in [0.25, 0.3) is 5.76 Å². The Balaban J connectivity index is 1.93. The van der Waals surface area contributed by atoms with Gasteiger partial charge in [0.05, 0.1) is 39.0 Å². The van der Waals surface area contributed by atoms with Crippen molar-refractivity contribution in [2.24, 2.45) is 0 Å². The second-order valence-electron chi connectivity index (χ2n) is 8.94. The van der Waals surface area contributed by atoms with E-state index in [0.29, 0.717) is 34.1 Å². The van der Waals surface area contributed by atoms with E-state index in [9.17, 15) is 14.7 Å². The monoisotopic (exact) mass is 518 g/mol. The fourth-order valence-electron chi connectivity index (χ4n) is 4.48. The van der Waals surface area contributed by atoms with E-state index in [1.807, 2.05) is 13.8 Å². The number of methoxy groups -OCH3 is 3. The van der Waals surface area contributed by atoms with Crippen LogP contribution in [0, 0.1) is 0 Å². The minimum atomic E-state index is -0.938. The number of amides is 1. The normalized spacial score (nSPS) is 16.6. The molecule has 3 aromatic rings. The molecule has 1 saturated heterocycles. The van der Waals surface area contributed by atoms with Crippen LogP contribution in [0.4, 0.5) is 0 Å². The highest BCUT2D eigenvalue weighted by Crippen LogP contribution is 2.46. The van der Waals surface area contributed by atoms with Gasteiger partial charge < -0.3 is 29.0 Å². The Bertz CT molecular complexity index is 1340. The summed E-state index contributed by atoms with van der Waals surface area (Å²) in [6.45, 7) is 3.89. The molecule has 0 bridgehead atoms. The molecule has 0 aliphatic carbocycles. The first-order chi connectivity index (χ1) is 18.3. The van der Waals surface area contributed by atoms with Gasteiger partial charge in [0, 0.05) is 24.5 Å². The number of benzene rings is 2. The maximum Gasteiger partial charge on any atom is 0.295 e. The summed E-state index contributed by atoms with van der Waals surface area (Å²) in [5.41, 5.74) is 1.57. The Morgan fingerprint density at radius 3 is 2.21 bits per heavy atom. The van der Waals surface area contributed by atoms with E-state index in [4.69, 9.17) is 18.9 Å². The summed E-state index contributed by atoms with van der Waals surface area (Å²) in [4.78, 5) is 32.3. The molecule has 1 atom stereocenters. The van der Waals surface area contributed by atoms with Gasteiger partial charge in [-0.2, -0.15) is 0 Å². The molecule has 4 rings (SSSR count). The SMILES string of the molecule is COc1cc(C2/C(=C(\O)c3cccc(OC(C)C)c3)C(=O)C(=O)N2Cc2ccncc2)cc(OC)c1OC. The number of ether oxygens (including phenoxy) is 4. The van der Waals surface area contributed by atoms with Crippen LogP contribution in [0.1, 0.15) is 36.6 Å². The van der Waals surface area contributed by atoms with E-state index >= 15 is 0 Å². The zero-order valence-electron chi connectivity index (χ0n) is 21.9. The minimum absolute atomic E-state index is 0.0555. The third kappa shape index (κ3) is 5.13. The van der Waals surface area contributed by atoms with E-state index in [0.717, 1.165) is 5.56 Å². The number of hydrogen-bond donors (Lipinski definition) is 1. The number of nitrogens with zero attached hydrogens (tertiary/aromatic N) is 2. The number of pyridine rings is 1. The molecule has 0 spiro atoms. The summed E-state index contributed by atoms with van der Waals surface area (Å²) in [5.74, 6) is -0.258. The molecule has 0 saturated carbocycles. The van der Waals surface area contributed by atoms with Gasteiger partial charge in [0.25, 0.3) is 11.7 Å². The second-order valence-corrected chi connectivity index (χ2v) is 8.94. The molecule has 2 aromatic carbocycles. The number of carbonyl (C=O) groups excluding carboxylic acids is 2. The van der Waals surface area contributed by atoms with E-state index in [1.165, 1.54) is 26.2 Å². The number of aromatic nitrogens is 1. The predicted octanol–water partition coefficient (Wildman–Crippen LogP) is 4.52. The quantitative estimate of drug-likeness (QED) is 0.250. The Morgan fingerprint density at radius 2 is 1.63 bits per heavy atom. The largest absolute Gasteiger partial charge is 0.507 e. The highest BCUT2D eigenvalue weighted by Gasteiger charge is 2.46. The number of aliphatic hydroxyl groups excluding tert-OH is 1. The van der Waals surface area contributed by atoms with Crippen molar-refractivity contribution in [3.8, 4) is 23.0 Å². The molecule has 1 aliphatic rings. The van der Waals surface area contributed by atoms with E-state index in [-0.39, 0.29) is 24.0 Å². The van der Waals surface area contributed by atoms with Crippen LogP contribution in [0.5, 0.6) is 23.0 Å². The Kier molecular flexibility index (Phi) is 7.85. The number of hydrogen-bond acceptors (Lipinski definition) is 8. The van der Waals surface area contributed by atoms with E-state index in [2.05, 4.69) is 4.98 Å².